The van der Waals surface area contributed by atoms with Gasteiger partial charge in [0.25, 0.3) is 0 Å². The summed E-state index contributed by atoms with van der Waals surface area (Å²) in [6, 6.07) is 11.5. The van der Waals surface area contributed by atoms with E-state index in [-0.39, 0.29) is 0 Å². The molecule has 5 heteroatoms. The topological polar surface area (TPSA) is 76.4 Å². The van der Waals surface area contributed by atoms with Crippen molar-refractivity contribution in [1.29, 1.82) is 0 Å². The van der Waals surface area contributed by atoms with Gasteiger partial charge in [-0.3, -0.25) is 5.73 Å². The fourth-order valence-corrected chi connectivity index (χ4v) is 2.19. The molecular weight excluding hydrogens is 252 g/mol. The molecule has 0 spiro atoms. The Balaban J connectivity index is 2.30. The second-order valence-corrected chi connectivity index (χ2v) is 4.78. The van der Waals surface area contributed by atoms with Crippen molar-refractivity contribution in [1.82, 2.24) is 14.6 Å². The number of hydrogen-bond acceptors (Lipinski definition) is 4. The van der Waals surface area contributed by atoms with Crippen molar-refractivity contribution in [3.8, 4) is 11.3 Å². The van der Waals surface area contributed by atoms with Crippen molar-refractivity contribution in [2.24, 2.45) is 5.73 Å². The molecule has 0 aliphatic rings. The number of aliphatic hydroxyl groups is 1. The van der Waals surface area contributed by atoms with Crippen LogP contribution in [0.3, 0.4) is 0 Å². The highest BCUT2D eigenvalue weighted by molar-refractivity contribution is 5.66. The summed E-state index contributed by atoms with van der Waals surface area (Å²) in [5, 5.41) is 15.0. The second-order valence-electron chi connectivity index (χ2n) is 4.78. The molecule has 0 fully saturated rings. The first-order valence-corrected chi connectivity index (χ1v) is 6.53. The first-order valence-electron chi connectivity index (χ1n) is 6.53. The SMILES string of the molecule is CCC(N)(O)c1cc2nccn2nc1-c1ccccc1. The highest BCUT2D eigenvalue weighted by Crippen LogP contribution is 2.29. The average molecular weight is 268 g/mol. The zero-order chi connectivity index (χ0) is 14.2. The molecule has 3 aromatic rings. The fourth-order valence-electron chi connectivity index (χ4n) is 2.19. The molecule has 0 saturated heterocycles. The van der Waals surface area contributed by atoms with E-state index in [2.05, 4.69) is 10.1 Å². The largest absolute Gasteiger partial charge is 0.372 e. The summed E-state index contributed by atoms with van der Waals surface area (Å²) >= 11 is 0. The summed E-state index contributed by atoms with van der Waals surface area (Å²) in [6.45, 7) is 1.84. The van der Waals surface area contributed by atoms with Gasteiger partial charge in [-0.2, -0.15) is 5.10 Å². The van der Waals surface area contributed by atoms with E-state index in [9.17, 15) is 5.11 Å². The van der Waals surface area contributed by atoms with Crippen LogP contribution in [0.1, 0.15) is 18.9 Å². The molecule has 0 radical (unpaired) electrons. The molecule has 0 saturated carbocycles. The van der Waals surface area contributed by atoms with E-state index in [1.54, 1.807) is 23.0 Å². The van der Waals surface area contributed by atoms with Crippen LogP contribution >= 0.6 is 0 Å². The fraction of sp³-hybridized carbons (Fsp3) is 0.200. The first kappa shape index (κ1) is 12.8. The smallest absolute Gasteiger partial charge is 0.153 e. The molecule has 0 aliphatic heterocycles. The van der Waals surface area contributed by atoms with E-state index >= 15 is 0 Å². The molecule has 3 N–H and O–H groups in total. The Morgan fingerprint density at radius 3 is 2.75 bits per heavy atom. The molecule has 1 atom stereocenters. The Labute approximate surface area is 116 Å². The summed E-state index contributed by atoms with van der Waals surface area (Å²) in [5.41, 5.74) is 7.42. The van der Waals surface area contributed by atoms with Crippen LogP contribution < -0.4 is 5.73 Å². The summed E-state index contributed by atoms with van der Waals surface area (Å²) in [7, 11) is 0. The van der Waals surface area contributed by atoms with Gasteiger partial charge in [-0.05, 0) is 12.5 Å². The number of rotatable bonds is 3. The van der Waals surface area contributed by atoms with Crippen LogP contribution in [0.5, 0.6) is 0 Å². The lowest BCUT2D eigenvalue weighted by Crippen LogP contribution is -2.36. The van der Waals surface area contributed by atoms with Crippen LogP contribution in [0.25, 0.3) is 16.9 Å². The molecule has 3 rings (SSSR count). The van der Waals surface area contributed by atoms with E-state index in [1.165, 1.54) is 0 Å². The Morgan fingerprint density at radius 2 is 2.05 bits per heavy atom. The van der Waals surface area contributed by atoms with E-state index in [0.717, 1.165) is 5.56 Å². The third kappa shape index (κ3) is 2.07. The van der Waals surface area contributed by atoms with Gasteiger partial charge in [-0.15, -0.1) is 0 Å². The highest BCUT2D eigenvalue weighted by atomic mass is 16.3. The third-order valence-corrected chi connectivity index (χ3v) is 3.44. The lowest BCUT2D eigenvalue weighted by molar-refractivity contribution is 0.0397. The van der Waals surface area contributed by atoms with Gasteiger partial charge < -0.3 is 5.11 Å². The zero-order valence-electron chi connectivity index (χ0n) is 11.2. The van der Waals surface area contributed by atoms with Crippen LogP contribution in [-0.2, 0) is 5.72 Å². The van der Waals surface area contributed by atoms with Crippen molar-refractivity contribution in [3.05, 3.63) is 54.4 Å². The predicted octanol–water partition coefficient (Wildman–Crippen LogP) is 1.91. The number of hydrogen-bond donors (Lipinski definition) is 2. The molecule has 1 aromatic carbocycles. The van der Waals surface area contributed by atoms with Gasteiger partial charge in [0, 0.05) is 23.5 Å². The highest BCUT2D eigenvalue weighted by Gasteiger charge is 2.27. The number of benzene rings is 1. The quantitative estimate of drug-likeness (QED) is 0.711. The second kappa shape index (κ2) is 4.70. The normalized spacial score (nSPS) is 14.3. The molecule has 20 heavy (non-hydrogen) atoms. The molecule has 102 valence electrons. The maximum atomic E-state index is 10.4. The van der Waals surface area contributed by atoms with Crippen LogP contribution in [0.2, 0.25) is 0 Å². The summed E-state index contributed by atoms with van der Waals surface area (Å²) in [6.07, 6.45) is 3.83. The molecule has 0 amide bonds. The lowest BCUT2D eigenvalue weighted by atomic mass is 9.96. The molecular formula is C15H16N4O. The molecule has 0 bridgehead atoms. The predicted molar refractivity (Wildman–Crippen MR) is 76.8 cm³/mol. The van der Waals surface area contributed by atoms with Crippen molar-refractivity contribution in [2.75, 3.05) is 0 Å². The van der Waals surface area contributed by atoms with Crippen molar-refractivity contribution in [2.45, 2.75) is 19.1 Å². The number of fused-ring (bicyclic) bond motifs is 1. The average Bonchev–Trinajstić information content (AvgIpc) is 2.94. The number of nitrogens with two attached hydrogens (primary N) is 1. The molecule has 0 aliphatic carbocycles. The van der Waals surface area contributed by atoms with Gasteiger partial charge >= 0.3 is 0 Å². The minimum absolute atomic E-state index is 0.394. The van der Waals surface area contributed by atoms with Crippen LogP contribution in [-0.4, -0.2) is 19.7 Å². The molecule has 2 heterocycles. The zero-order valence-corrected chi connectivity index (χ0v) is 11.2. The van der Waals surface area contributed by atoms with E-state index in [0.29, 0.717) is 23.3 Å². The minimum Gasteiger partial charge on any atom is -0.372 e. The summed E-state index contributed by atoms with van der Waals surface area (Å²) in [5.74, 6) is 0. The first-order chi connectivity index (χ1) is 9.62. The van der Waals surface area contributed by atoms with E-state index in [1.807, 2.05) is 37.3 Å². The Kier molecular flexibility index (Phi) is 3.00. The van der Waals surface area contributed by atoms with Gasteiger partial charge in [0.05, 0.1) is 5.69 Å². The Hall–Kier alpha value is -2.24. The standard InChI is InChI=1S/C15H16N4O/c1-2-15(16,20)12-10-13-17-8-9-19(13)18-14(12)11-6-4-3-5-7-11/h3-10,20H,2,16H2,1H3. The maximum absolute atomic E-state index is 10.4. The van der Waals surface area contributed by atoms with Crippen LogP contribution in [0.15, 0.2) is 48.8 Å². The molecule has 1 unspecified atom stereocenters. The Bertz CT molecular complexity index is 734. The maximum Gasteiger partial charge on any atom is 0.153 e. The van der Waals surface area contributed by atoms with Crippen LogP contribution in [0, 0.1) is 0 Å². The van der Waals surface area contributed by atoms with Crippen molar-refractivity contribution < 1.29 is 5.11 Å². The van der Waals surface area contributed by atoms with Crippen molar-refractivity contribution >= 4 is 5.65 Å². The summed E-state index contributed by atoms with van der Waals surface area (Å²) in [4.78, 5) is 4.20. The number of aromatic nitrogens is 3. The van der Waals surface area contributed by atoms with Gasteiger partial charge in [0.15, 0.2) is 5.65 Å². The lowest BCUT2D eigenvalue weighted by Gasteiger charge is -2.24. The minimum atomic E-state index is -1.42. The van der Waals surface area contributed by atoms with E-state index < -0.39 is 5.72 Å². The number of imidazole rings is 1. The van der Waals surface area contributed by atoms with E-state index in [4.69, 9.17) is 5.73 Å². The van der Waals surface area contributed by atoms with Crippen LogP contribution in [0.4, 0.5) is 0 Å². The Morgan fingerprint density at radius 1 is 1.30 bits per heavy atom. The monoisotopic (exact) mass is 268 g/mol. The van der Waals surface area contributed by atoms with Gasteiger partial charge in [0.1, 0.15) is 5.72 Å². The number of nitrogens with zero attached hydrogens (tertiary/aromatic N) is 3. The third-order valence-electron chi connectivity index (χ3n) is 3.44. The summed E-state index contributed by atoms with van der Waals surface area (Å²) < 4.78 is 1.68. The van der Waals surface area contributed by atoms with Gasteiger partial charge in [-0.25, -0.2) is 9.50 Å². The molecule has 5 nitrogen and oxygen atoms in total. The van der Waals surface area contributed by atoms with Gasteiger partial charge in [0.2, 0.25) is 0 Å². The van der Waals surface area contributed by atoms with Gasteiger partial charge in [-0.1, -0.05) is 37.3 Å². The van der Waals surface area contributed by atoms with Crippen molar-refractivity contribution in [3.63, 3.8) is 0 Å². The molecule has 2 aromatic heterocycles.